The van der Waals surface area contributed by atoms with Crippen molar-refractivity contribution in [3.63, 3.8) is 0 Å². The lowest BCUT2D eigenvalue weighted by molar-refractivity contribution is -0.295. The summed E-state index contributed by atoms with van der Waals surface area (Å²) in [6, 6.07) is 18.9. The van der Waals surface area contributed by atoms with Crippen LogP contribution in [0.15, 0.2) is 77.3 Å². The van der Waals surface area contributed by atoms with Crippen molar-refractivity contribution >= 4 is 11.6 Å². The Morgan fingerprint density at radius 2 is 1.55 bits per heavy atom. The Hall–Kier alpha value is -4.39. The second kappa shape index (κ2) is 12.2. The van der Waals surface area contributed by atoms with E-state index in [0.717, 1.165) is 38.5 Å². The molecule has 4 saturated carbocycles. The fourth-order valence-corrected chi connectivity index (χ4v) is 7.68. The molecule has 1 heterocycles. The van der Waals surface area contributed by atoms with Crippen molar-refractivity contribution in [2.45, 2.75) is 75.2 Å². The SMILES string of the molecule is O=C([C@H]1C[C@](O)(C(F)(F)F)C1)N(CC12CCC(c3noc(-c4ccc(F)cc4)n3)(CC1)CC2)c1cccc(-c2ccc(OC(F)F)cc2)c1. The van der Waals surface area contributed by atoms with Crippen molar-refractivity contribution in [3.05, 3.63) is 84.4 Å². The van der Waals surface area contributed by atoms with E-state index in [2.05, 4.69) is 14.9 Å². The number of ether oxygens (including phenoxy) is 1. The molecule has 1 amide bonds. The van der Waals surface area contributed by atoms with Gasteiger partial charge in [0.2, 0.25) is 5.91 Å². The summed E-state index contributed by atoms with van der Waals surface area (Å²) in [4.78, 5) is 20.3. The van der Waals surface area contributed by atoms with Crippen molar-refractivity contribution in [2.24, 2.45) is 11.3 Å². The second-order valence-corrected chi connectivity index (χ2v) is 13.7. The number of benzene rings is 3. The first-order valence-electron chi connectivity index (χ1n) is 16.1. The maximum Gasteiger partial charge on any atom is 0.417 e. The summed E-state index contributed by atoms with van der Waals surface area (Å²) >= 11 is 0. The molecule has 1 N–H and O–H groups in total. The van der Waals surface area contributed by atoms with Gasteiger partial charge in [0, 0.05) is 29.1 Å². The predicted octanol–water partition coefficient (Wildman–Crippen LogP) is 8.47. The first-order chi connectivity index (χ1) is 23.3. The van der Waals surface area contributed by atoms with Crippen molar-refractivity contribution in [1.82, 2.24) is 10.1 Å². The molecule has 4 fully saturated rings. The molecule has 4 aromatic rings. The third kappa shape index (κ3) is 6.28. The van der Waals surface area contributed by atoms with Gasteiger partial charge in [-0.1, -0.05) is 29.4 Å². The van der Waals surface area contributed by atoms with E-state index >= 15 is 0 Å². The first kappa shape index (κ1) is 33.1. The zero-order chi connectivity index (χ0) is 34.6. The Morgan fingerprint density at radius 1 is 0.918 bits per heavy atom. The van der Waals surface area contributed by atoms with Gasteiger partial charge in [-0.25, -0.2) is 4.39 Å². The molecule has 3 aromatic carbocycles. The highest BCUT2D eigenvalue weighted by atomic mass is 19.4. The largest absolute Gasteiger partial charge is 0.435 e. The van der Waals surface area contributed by atoms with E-state index < -0.39 is 43.1 Å². The van der Waals surface area contributed by atoms with E-state index in [1.54, 1.807) is 53.4 Å². The van der Waals surface area contributed by atoms with Crippen LogP contribution in [0.3, 0.4) is 0 Å². The Morgan fingerprint density at radius 3 is 2.16 bits per heavy atom. The van der Waals surface area contributed by atoms with Crippen molar-refractivity contribution < 1.29 is 45.5 Å². The van der Waals surface area contributed by atoms with E-state index in [-0.39, 0.29) is 28.9 Å². The number of nitrogens with zero attached hydrogens (tertiary/aromatic N) is 3. The number of amides is 1. The third-order valence-electron chi connectivity index (χ3n) is 10.8. The number of hydrogen-bond acceptors (Lipinski definition) is 6. The van der Waals surface area contributed by atoms with Crippen LogP contribution >= 0.6 is 0 Å². The van der Waals surface area contributed by atoms with Gasteiger partial charge in [-0.2, -0.15) is 26.9 Å². The van der Waals surface area contributed by atoms with Gasteiger partial charge in [0.05, 0.1) is 0 Å². The van der Waals surface area contributed by atoms with Crippen LogP contribution < -0.4 is 9.64 Å². The zero-order valence-electron chi connectivity index (χ0n) is 26.2. The number of rotatable bonds is 9. The highest BCUT2D eigenvalue weighted by Gasteiger charge is 2.63. The molecule has 1 aromatic heterocycles. The average molecular weight is 686 g/mol. The molecule has 49 heavy (non-hydrogen) atoms. The van der Waals surface area contributed by atoms with Gasteiger partial charge >= 0.3 is 12.8 Å². The van der Waals surface area contributed by atoms with E-state index in [1.807, 2.05) is 0 Å². The minimum absolute atomic E-state index is 0.00823. The molecule has 0 radical (unpaired) electrons. The number of fused-ring (bicyclic) bond motifs is 3. The molecule has 13 heteroatoms. The second-order valence-electron chi connectivity index (χ2n) is 13.7. The zero-order valence-corrected chi connectivity index (χ0v) is 26.2. The molecular formula is C36H33F6N3O4. The molecule has 0 saturated heterocycles. The van der Waals surface area contributed by atoms with Crippen molar-refractivity contribution in [3.8, 4) is 28.3 Å². The Labute approximate surface area is 277 Å². The molecule has 8 rings (SSSR count). The molecule has 0 unspecified atom stereocenters. The summed E-state index contributed by atoms with van der Waals surface area (Å²) in [6.07, 6.45) is -1.91. The van der Waals surface area contributed by atoms with Crippen LogP contribution in [0, 0.1) is 17.2 Å². The lowest BCUT2D eigenvalue weighted by atomic mass is 9.53. The molecule has 0 spiro atoms. The number of halogens is 6. The molecule has 0 atom stereocenters. The summed E-state index contributed by atoms with van der Waals surface area (Å²) in [5.41, 5.74) is -1.07. The normalized spacial score (nSPS) is 26.4. The van der Waals surface area contributed by atoms with Gasteiger partial charge in [-0.15, -0.1) is 0 Å². The topological polar surface area (TPSA) is 88.7 Å². The Balaban J connectivity index is 1.13. The van der Waals surface area contributed by atoms with Gasteiger partial charge in [0.1, 0.15) is 11.6 Å². The smallest absolute Gasteiger partial charge is 0.417 e. The van der Waals surface area contributed by atoms with E-state index in [1.165, 1.54) is 24.3 Å². The van der Waals surface area contributed by atoms with Crippen molar-refractivity contribution in [2.75, 3.05) is 11.4 Å². The maximum atomic E-state index is 14.0. The summed E-state index contributed by atoms with van der Waals surface area (Å²) in [5.74, 6) is -0.975. The Bertz CT molecular complexity index is 1790. The highest BCUT2D eigenvalue weighted by molar-refractivity contribution is 5.96. The summed E-state index contributed by atoms with van der Waals surface area (Å²) < 4.78 is 89.3. The lowest BCUT2D eigenvalue weighted by Crippen LogP contribution is -2.60. The van der Waals surface area contributed by atoms with Crippen LogP contribution in [0.2, 0.25) is 0 Å². The fourth-order valence-electron chi connectivity index (χ4n) is 7.68. The molecule has 258 valence electrons. The van der Waals surface area contributed by atoms with Crippen LogP contribution in [0.5, 0.6) is 5.75 Å². The van der Waals surface area contributed by atoms with Gasteiger partial charge in [0.25, 0.3) is 5.89 Å². The van der Waals surface area contributed by atoms with E-state index in [4.69, 9.17) is 4.52 Å². The number of carbonyl (C=O) groups excluding carboxylic acids is 1. The van der Waals surface area contributed by atoms with E-state index in [9.17, 15) is 36.2 Å². The predicted molar refractivity (Wildman–Crippen MR) is 166 cm³/mol. The van der Waals surface area contributed by atoms with Gasteiger partial charge in [0.15, 0.2) is 11.4 Å². The number of carbonyl (C=O) groups is 1. The molecule has 2 bridgehead atoms. The van der Waals surface area contributed by atoms with Gasteiger partial charge < -0.3 is 19.3 Å². The maximum absolute atomic E-state index is 14.0. The van der Waals surface area contributed by atoms with Crippen LogP contribution in [-0.4, -0.2) is 46.1 Å². The van der Waals surface area contributed by atoms with E-state index in [0.29, 0.717) is 34.1 Å². The minimum Gasteiger partial charge on any atom is -0.435 e. The fraction of sp³-hybridized carbons (Fsp3) is 0.417. The van der Waals surface area contributed by atoms with Crippen LogP contribution in [0.4, 0.5) is 32.0 Å². The summed E-state index contributed by atoms with van der Waals surface area (Å²) in [5, 5.41) is 14.4. The van der Waals surface area contributed by atoms with Crippen molar-refractivity contribution in [1.29, 1.82) is 0 Å². The minimum atomic E-state index is -4.84. The average Bonchev–Trinajstić information content (AvgIpc) is 3.58. The highest BCUT2D eigenvalue weighted by Crippen LogP contribution is 2.58. The van der Waals surface area contributed by atoms with Crippen LogP contribution in [-0.2, 0) is 10.2 Å². The van der Waals surface area contributed by atoms with Crippen LogP contribution in [0.1, 0.15) is 57.2 Å². The van der Waals surface area contributed by atoms with Gasteiger partial charge in [-0.3, -0.25) is 4.79 Å². The monoisotopic (exact) mass is 685 g/mol. The number of aromatic nitrogens is 2. The standard InChI is InChI=1S/C36H33F6N3O4/c37-26-8-4-23(5-9-26)29-43-31(44-49-29)34-15-12-33(13-16-34,14-17-34)21-45(30(46)25-19-35(47,20-25)36(40,41)42)27-3-1-2-24(18-27)22-6-10-28(11-7-22)48-32(38)39/h1-11,18,25,32,47H,12-17,19-21H2/t25-,33?,34?,35+. The number of anilines is 1. The summed E-state index contributed by atoms with van der Waals surface area (Å²) in [7, 11) is 0. The number of hydrogen-bond donors (Lipinski definition) is 1. The Kier molecular flexibility index (Phi) is 8.24. The van der Waals surface area contributed by atoms with Gasteiger partial charge in [-0.05, 0) is 116 Å². The number of aliphatic hydroxyl groups is 1. The molecule has 4 aliphatic rings. The molecule has 7 nitrogen and oxygen atoms in total. The third-order valence-corrected chi connectivity index (χ3v) is 10.8. The molecular weight excluding hydrogens is 652 g/mol. The van der Waals surface area contributed by atoms with Crippen LogP contribution in [0.25, 0.3) is 22.6 Å². The molecule has 0 aliphatic heterocycles. The first-order valence-corrected chi connectivity index (χ1v) is 16.1. The summed E-state index contributed by atoms with van der Waals surface area (Å²) in [6.45, 7) is -2.69. The molecule has 4 aliphatic carbocycles. The quantitative estimate of drug-likeness (QED) is 0.178. The number of alkyl halides is 5. The lowest BCUT2D eigenvalue weighted by Gasteiger charge is -2.54.